The summed E-state index contributed by atoms with van der Waals surface area (Å²) < 4.78 is 0.489. The van der Waals surface area contributed by atoms with Crippen molar-refractivity contribution in [3.05, 3.63) is 38.3 Å². The number of halogens is 1. The van der Waals surface area contributed by atoms with Crippen LogP contribution in [-0.2, 0) is 6.54 Å². The maximum atomic E-state index is 10.9. The summed E-state index contributed by atoms with van der Waals surface area (Å²) >= 11 is 3.18. The van der Waals surface area contributed by atoms with Gasteiger partial charge in [0.2, 0.25) is 0 Å². The number of likely N-dealkylation sites (N-methyl/N-ethyl adjacent to an activating group) is 1. The van der Waals surface area contributed by atoms with Crippen LogP contribution in [0, 0.1) is 10.1 Å². The number of hydrogen-bond donors (Lipinski definition) is 1. The molecule has 1 aromatic carbocycles. The molecular weight excluding hydrogens is 324 g/mol. The number of hydrogen-bond acceptors (Lipinski definition) is 4. The van der Waals surface area contributed by atoms with Gasteiger partial charge in [-0.05, 0) is 47.4 Å². The minimum Gasteiger partial charge on any atom is -0.389 e. The molecule has 0 aliphatic heterocycles. The molecule has 1 aromatic rings. The van der Waals surface area contributed by atoms with Crippen LogP contribution in [0.15, 0.2) is 22.7 Å². The highest BCUT2D eigenvalue weighted by molar-refractivity contribution is 9.10. The summed E-state index contributed by atoms with van der Waals surface area (Å²) in [4.78, 5) is 12.5. The van der Waals surface area contributed by atoms with E-state index in [0.717, 1.165) is 31.2 Å². The summed E-state index contributed by atoms with van der Waals surface area (Å²) in [7, 11) is 1.93. The number of aliphatic hydroxyl groups is 1. The second kappa shape index (κ2) is 6.20. The van der Waals surface area contributed by atoms with Crippen molar-refractivity contribution in [3.8, 4) is 0 Å². The fourth-order valence-corrected chi connectivity index (χ4v) is 3.25. The van der Waals surface area contributed by atoms with Crippen LogP contribution in [0.4, 0.5) is 5.69 Å². The van der Waals surface area contributed by atoms with E-state index in [1.54, 1.807) is 12.1 Å². The molecule has 1 N–H and O–H groups in total. The first kappa shape index (κ1) is 15.4. The topological polar surface area (TPSA) is 66.6 Å². The standard InChI is InChI=1S/C14H19BrN2O3/c1-16(10-14(18)6-2-3-7-14)9-11-4-5-12(15)13(8-11)17(19)20/h4-5,8,18H,2-3,6-7,9-10H2,1H3. The van der Waals surface area contributed by atoms with E-state index in [1.165, 1.54) is 0 Å². The average Bonchev–Trinajstić information content (AvgIpc) is 2.77. The minimum atomic E-state index is -0.587. The zero-order chi connectivity index (χ0) is 14.8. The summed E-state index contributed by atoms with van der Waals surface area (Å²) in [5.74, 6) is 0. The van der Waals surface area contributed by atoms with Crippen molar-refractivity contribution >= 4 is 21.6 Å². The van der Waals surface area contributed by atoms with Gasteiger partial charge in [0.05, 0.1) is 15.0 Å². The van der Waals surface area contributed by atoms with Crippen LogP contribution in [0.3, 0.4) is 0 Å². The van der Waals surface area contributed by atoms with Gasteiger partial charge in [0.15, 0.2) is 0 Å². The van der Waals surface area contributed by atoms with Crippen molar-refractivity contribution in [2.45, 2.75) is 37.8 Å². The Kier molecular flexibility index (Phi) is 4.78. The zero-order valence-electron chi connectivity index (χ0n) is 11.5. The van der Waals surface area contributed by atoms with E-state index in [9.17, 15) is 15.2 Å². The zero-order valence-corrected chi connectivity index (χ0v) is 13.1. The summed E-state index contributed by atoms with van der Waals surface area (Å²) in [5, 5.41) is 21.3. The van der Waals surface area contributed by atoms with Crippen molar-refractivity contribution in [3.63, 3.8) is 0 Å². The SMILES string of the molecule is CN(Cc1ccc(Br)c([N+](=O)[O-])c1)CC1(O)CCCC1. The van der Waals surface area contributed by atoms with Gasteiger partial charge >= 0.3 is 0 Å². The second-order valence-corrected chi connectivity index (χ2v) is 6.50. The molecule has 6 heteroatoms. The first-order chi connectivity index (χ1) is 9.39. The molecule has 110 valence electrons. The first-order valence-electron chi connectivity index (χ1n) is 6.73. The average molecular weight is 343 g/mol. The number of rotatable bonds is 5. The quantitative estimate of drug-likeness (QED) is 0.659. The van der Waals surface area contributed by atoms with Gasteiger partial charge in [0.25, 0.3) is 5.69 Å². The van der Waals surface area contributed by atoms with Crippen molar-refractivity contribution < 1.29 is 10.0 Å². The molecule has 1 saturated carbocycles. The lowest BCUT2D eigenvalue weighted by Crippen LogP contribution is -2.38. The fraction of sp³-hybridized carbons (Fsp3) is 0.571. The van der Waals surface area contributed by atoms with Crippen molar-refractivity contribution in [1.82, 2.24) is 4.90 Å². The summed E-state index contributed by atoms with van der Waals surface area (Å²) in [5.41, 5.74) is 0.371. The first-order valence-corrected chi connectivity index (χ1v) is 7.53. The molecule has 0 atom stereocenters. The third-order valence-electron chi connectivity index (χ3n) is 3.76. The van der Waals surface area contributed by atoms with Crippen LogP contribution in [0.1, 0.15) is 31.2 Å². The monoisotopic (exact) mass is 342 g/mol. The minimum absolute atomic E-state index is 0.0791. The van der Waals surface area contributed by atoms with E-state index >= 15 is 0 Å². The van der Waals surface area contributed by atoms with Gasteiger partial charge in [-0.15, -0.1) is 0 Å². The lowest BCUT2D eigenvalue weighted by molar-refractivity contribution is -0.385. The molecule has 20 heavy (non-hydrogen) atoms. The van der Waals surface area contributed by atoms with E-state index in [1.807, 2.05) is 18.0 Å². The molecule has 0 spiro atoms. The molecule has 5 nitrogen and oxygen atoms in total. The third kappa shape index (κ3) is 3.77. The second-order valence-electron chi connectivity index (χ2n) is 5.65. The van der Waals surface area contributed by atoms with Crippen LogP contribution in [0.2, 0.25) is 0 Å². The Hall–Kier alpha value is -0.980. The molecule has 0 heterocycles. The van der Waals surface area contributed by atoms with E-state index < -0.39 is 10.5 Å². The number of benzene rings is 1. The predicted molar refractivity (Wildman–Crippen MR) is 80.5 cm³/mol. The van der Waals surface area contributed by atoms with Gasteiger partial charge in [0.1, 0.15) is 0 Å². The highest BCUT2D eigenvalue weighted by atomic mass is 79.9. The molecule has 0 amide bonds. The van der Waals surface area contributed by atoms with Crippen LogP contribution in [-0.4, -0.2) is 34.1 Å². The molecule has 0 aromatic heterocycles. The molecule has 0 saturated heterocycles. The molecule has 1 aliphatic rings. The van der Waals surface area contributed by atoms with Crippen molar-refractivity contribution in [2.75, 3.05) is 13.6 Å². The van der Waals surface area contributed by atoms with Gasteiger partial charge in [-0.1, -0.05) is 18.9 Å². The smallest absolute Gasteiger partial charge is 0.283 e. The van der Waals surface area contributed by atoms with Crippen molar-refractivity contribution in [2.24, 2.45) is 0 Å². The fourth-order valence-electron chi connectivity index (χ4n) is 2.86. The largest absolute Gasteiger partial charge is 0.389 e. The number of nitro benzene ring substituents is 1. The third-order valence-corrected chi connectivity index (χ3v) is 4.43. The van der Waals surface area contributed by atoms with Gasteiger partial charge in [-0.2, -0.15) is 0 Å². The van der Waals surface area contributed by atoms with Gasteiger partial charge < -0.3 is 5.11 Å². The Morgan fingerprint density at radius 1 is 1.45 bits per heavy atom. The van der Waals surface area contributed by atoms with Gasteiger partial charge in [-0.25, -0.2) is 0 Å². The summed E-state index contributed by atoms with van der Waals surface area (Å²) in [6.07, 6.45) is 3.85. The highest BCUT2D eigenvalue weighted by Crippen LogP contribution is 2.31. The summed E-state index contributed by atoms with van der Waals surface area (Å²) in [6.45, 7) is 1.20. The van der Waals surface area contributed by atoms with Crippen LogP contribution in [0.25, 0.3) is 0 Å². The maximum Gasteiger partial charge on any atom is 0.283 e. The van der Waals surface area contributed by atoms with Crippen LogP contribution < -0.4 is 0 Å². The Morgan fingerprint density at radius 3 is 2.70 bits per heavy atom. The lowest BCUT2D eigenvalue weighted by Gasteiger charge is -2.28. The van der Waals surface area contributed by atoms with Gasteiger partial charge in [-0.3, -0.25) is 15.0 Å². The number of nitrogens with zero attached hydrogens (tertiary/aromatic N) is 2. The Bertz CT molecular complexity index is 501. The maximum absolute atomic E-state index is 10.9. The molecule has 0 unspecified atom stereocenters. The Morgan fingerprint density at radius 2 is 2.10 bits per heavy atom. The lowest BCUT2D eigenvalue weighted by atomic mass is 10.0. The predicted octanol–water partition coefficient (Wildman–Crippen LogP) is 3.09. The van der Waals surface area contributed by atoms with Crippen molar-refractivity contribution in [1.29, 1.82) is 0 Å². The Balaban J connectivity index is 2.02. The van der Waals surface area contributed by atoms with E-state index in [-0.39, 0.29) is 5.69 Å². The molecular formula is C14H19BrN2O3. The van der Waals surface area contributed by atoms with E-state index in [4.69, 9.17) is 0 Å². The van der Waals surface area contributed by atoms with Crippen LogP contribution in [0.5, 0.6) is 0 Å². The normalized spacial score (nSPS) is 17.6. The highest BCUT2D eigenvalue weighted by Gasteiger charge is 2.32. The van der Waals surface area contributed by atoms with Gasteiger partial charge in [0, 0.05) is 19.2 Å². The summed E-state index contributed by atoms with van der Waals surface area (Å²) in [6, 6.07) is 5.15. The Labute approximate surface area is 126 Å². The molecule has 2 rings (SSSR count). The van der Waals surface area contributed by atoms with Crippen LogP contribution >= 0.6 is 15.9 Å². The molecule has 0 radical (unpaired) electrons. The van der Waals surface area contributed by atoms with E-state index in [2.05, 4.69) is 15.9 Å². The van der Waals surface area contributed by atoms with E-state index in [0.29, 0.717) is 17.6 Å². The molecule has 1 fully saturated rings. The number of nitro groups is 1. The molecule has 0 bridgehead atoms. The molecule has 1 aliphatic carbocycles.